The molecule has 1 heterocycles. The van der Waals surface area contributed by atoms with Crippen molar-refractivity contribution in [2.75, 3.05) is 6.79 Å². The van der Waals surface area contributed by atoms with Crippen molar-refractivity contribution in [3.8, 4) is 11.5 Å². The van der Waals surface area contributed by atoms with E-state index in [2.05, 4.69) is 36.5 Å². The van der Waals surface area contributed by atoms with Crippen molar-refractivity contribution in [3.05, 3.63) is 54.1 Å². The highest BCUT2D eigenvalue weighted by molar-refractivity contribution is 5.87. The Morgan fingerprint density at radius 3 is 2.61 bits per heavy atom. The average Bonchev–Trinajstić information content (AvgIpc) is 3.16. The first kappa shape index (κ1) is 21.8. The average molecular weight is 384 g/mol. The fourth-order valence-electron chi connectivity index (χ4n) is 2.82. The zero-order valence-electron chi connectivity index (χ0n) is 17.2. The molecule has 1 unspecified atom stereocenters. The van der Waals surface area contributed by atoms with Gasteiger partial charge in [0.2, 0.25) is 12.7 Å². The number of rotatable bonds is 12. The van der Waals surface area contributed by atoms with E-state index in [4.69, 9.17) is 9.47 Å². The summed E-state index contributed by atoms with van der Waals surface area (Å²) in [5, 5.41) is 2.91. The summed E-state index contributed by atoms with van der Waals surface area (Å²) in [6, 6.07) is 6.27. The fourth-order valence-corrected chi connectivity index (χ4v) is 2.82. The van der Waals surface area contributed by atoms with Crippen LogP contribution in [-0.4, -0.2) is 18.7 Å². The summed E-state index contributed by atoms with van der Waals surface area (Å²) in [4.78, 5) is 11.6. The number of hydrogen-bond acceptors (Lipinski definition) is 3. The summed E-state index contributed by atoms with van der Waals surface area (Å²) in [5.74, 6) is 1.64. The number of ether oxygens (including phenoxy) is 2. The molecule has 0 spiro atoms. The molecule has 4 nitrogen and oxygen atoms in total. The predicted octanol–water partition coefficient (Wildman–Crippen LogP) is 5.80. The summed E-state index contributed by atoms with van der Waals surface area (Å²) in [6.07, 6.45) is 19.9. The monoisotopic (exact) mass is 383 g/mol. The van der Waals surface area contributed by atoms with Crippen LogP contribution < -0.4 is 14.8 Å². The highest BCUT2D eigenvalue weighted by atomic mass is 16.7. The van der Waals surface area contributed by atoms with E-state index < -0.39 is 0 Å². The number of hydrogen-bond donors (Lipinski definition) is 1. The molecule has 28 heavy (non-hydrogen) atoms. The maximum Gasteiger partial charge on any atom is 0.244 e. The maximum atomic E-state index is 11.6. The van der Waals surface area contributed by atoms with Gasteiger partial charge in [-0.05, 0) is 56.7 Å². The van der Waals surface area contributed by atoms with Gasteiger partial charge in [-0.15, -0.1) is 0 Å². The highest BCUT2D eigenvalue weighted by Gasteiger charge is 2.11. The molecule has 2 rings (SSSR count). The SMILES string of the molecule is CCC(C)NC(=O)C=CC=CCCCCCCC=Cc1ccc2c(c1)OCO2. The van der Waals surface area contributed by atoms with Gasteiger partial charge in [0, 0.05) is 12.1 Å². The van der Waals surface area contributed by atoms with Gasteiger partial charge in [-0.25, -0.2) is 0 Å². The second kappa shape index (κ2) is 12.8. The number of nitrogens with one attached hydrogen (secondary N) is 1. The van der Waals surface area contributed by atoms with Crippen molar-refractivity contribution in [1.29, 1.82) is 0 Å². The number of fused-ring (bicyclic) bond motifs is 1. The fraction of sp³-hybridized carbons (Fsp3) is 0.458. The number of amides is 1. The van der Waals surface area contributed by atoms with Crippen LogP contribution >= 0.6 is 0 Å². The van der Waals surface area contributed by atoms with Crippen LogP contribution in [0.2, 0.25) is 0 Å². The molecule has 1 aliphatic heterocycles. The van der Waals surface area contributed by atoms with E-state index in [1.807, 2.05) is 31.2 Å². The Kier molecular flexibility index (Phi) is 9.98. The van der Waals surface area contributed by atoms with Crippen molar-refractivity contribution in [1.82, 2.24) is 5.32 Å². The van der Waals surface area contributed by atoms with E-state index >= 15 is 0 Å². The van der Waals surface area contributed by atoms with Crippen molar-refractivity contribution in [3.63, 3.8) is 0 Å². The van der Waals surface area contributed by atoms with Gasteiger partial charge >= 0.3 is 0 Å². The van der Waals surface area contributed by atoms with Gasteiger partial charge < -0.3 is 14.8 Å². The quantitative estimate of drug-likeness (QED) is 0.282. The Balaban J connectivity index is 1.48. The lowest BCUT2D eigenvalue weighted by molar-refractivity contribution is -0.117. The molecule has 1 aliphatic rings. The summed E-state index contributed by atoms with van der Waals surface area (Å²) >= 11 is 0. The third-order valence-electron chi connectivity index (χ3n) is 4.69. The number of unbranched alkanes of at least 4 members (excludes halogenated alkanes) is 5. The number of benzene rings is 1. The minimum atomic E-state index is -0.0206. The molecule has 0 fully saturated rings. The Labute approximate surface area is 169 Å². The van der Waals surface area contributed by atoms with Crippen molar-refractivity contribution in [2.24, 2.45) is 0 Å². The van der Waals surface area contributed by atoms with Crippen LogP contribution in [0.15, 0.2) is 48.6 Å². The Morgan fingerprint density at radius 2 is 1.82 bits per heavy atom. The van der Waals surface area contributed by atoms with Gasteiger partial charge in [-0.2, -0.15) is 0 Å². The lowest BCUT2D eigenvalue weighted by Crippen LogP contribution is -2.30. The molecule has 0 saturated heterocycles. The largest absolute Gasteiger partial charge is 0.454 e. The molecule has 0 saturated carbocycles. The highest BCUT2D eigenvalue weighted by Crippen LogP contribution is 2.32. The lowest BCUT2D eigenvalue weighted by Gasteiger charge is -2.07. The third-order valence-corrected chi connectivity index (χ3v) is 4.69. The van der Waals surface area contributed by atoms with Crippen LogP contribution in [0.3, 0.4) is 0 Å². The third kappa shape index (κ3) is 8.47. The Bertz CT molecular complexity index is 691. The van der Waals surface area contributed by atoms with E-state index in [1.165, 1.54) is 25.7 Å². The van der Waals surface area contributed by atoms with Crippen molar-refractivity contribution >= 4 is 12.0 Å². The van der Waals surface area contributed by atoms with E-state index in [0.717, 1.165) is 36.3 Å². The molecular weight excluding hydrogens is 350 g/mol. The van der Waals surface area contributed by atoms with Crippen LogP contribution in [0.5, 0.6) is 11.5 Å². The van der Waals surface area contributed by atoms with Crippen LogP contribution in [0.1, 0.15) is 64.4 Å². The Hall–Kier alpha value is -2.49. The number of carbonyl (C=O) groups is 1. The van der Waals surface area contributed by atoms with Crippen LogP contribution in [0.4, 0.5) is 0 Å². The first-order valence-corrected chi connectivity index (χ1v) is 10.4. The molecule has 1 aromatic carbocycles. The molecule has 1 N–H and O–H groups in total. The molecule has 0 aliphatic carbocycles. The van der Waals surface area contributed by atoms with Gasteiger partial charge in [-0.3, -0.25) is 4.79 Å². The maximum absolute atomic E-state index is 11.6. The van der Waals surface area contributed by atoms with E-state index in [9.17, 15) is 4.79 Å². The lowest BCUT2D eigenvalue weighted by atomic mass is 10.1. The van der Waals surface area contributed by atoms with Gasteiger partial charge in [-0.1, -0.05) is 56.2 Å². The van der Waals surface area contributed by atoms with E-state index in [0.29, 0.717) is 6.79 Å². The summed E-state index contributed by atoms with van der Waals surface area (Å²) < 4.78 is 10.7. The van der Waals surface area contributed by atoms with Gasteiger partial charge in [0.15, 0.2) is 11.5 Å². The molecule has 1 atom stereocenters. The van der Waals surface area contributed by atoms with Crippen LogP contribution in [0.25, 0.3) is 6.08 Å². The van der Waals surface area contributed by atoms with Gasteiger partial charge in [0.05, 0.1) is 0 Å². The van der Waals surface area contributed by atoms with Gasteiger partial charge in [0.1, 0.15) is 0 Å². The molecule has 152 valence electrons. The second-order valence-corrected chi connectivity index (χ2v) is 7.11. The van der Waals surface area contributed by atoms with E-state index in [-0.39, 0.29) is 11.9 Å². The summed E-state index contributed by atoms with van der Waals surface area (Å²) in [5.41, 5.74) is 1.15. The minimum Gasteiger partial charge on any atom is -0.454 e. The molecule has 4 heteroatoms. The first-order valence-electron chi connectivity index (χ1n) is 10.4. The molecule has 1 aromatic rings. The summed E-state index contributed by atoms with van der Waals surface area (Å²) in [6.45, 7) is 4.39. The van der Waals surface area contributed by atoms with Crippen molar-refractivity contribution in [2.45, 2.75) is 64.8 Å². The standard InChI is InChI=1S/C24H33NO3/c1-3-20(2)25-24(26)15-13-11-9-7-5-4-6-8-10-12-14-21-16-17-22-23(18-21)28-19-27-22/h9,11-18,20H,3-8,10,19H2,1-2H3,(H,25,26). The number of carbonyl (C=O) groups excluding carboxylic acids is 1. The zero-order chi connectivity index (χ0) is 20.0. The Morgan fingerprint density at radius 1 is 1.07 bits per heavy atom. The smallest absolute Gasteiger partial charge is 0.244 e. The zero-order valence-corrected chi connectivity index (χ0v) is 17.2. The molecule has 0 bridgehead atoms. The van der Waals surface area contributed by atoms with Crippen molar-refractivity contribution < 1.29 is 14.3 Å². The number of allylic oxidation sites excluding steroid dienone is 4. The molecular formula is C24H33NO3. The first-order chi connectivity index (χ1) is 13.7. The summed E-state index contributed by atoms with van der Waals surface area (Å²) in [7, 11) is 0. The van der Waals surface area contributed by atoms with Gasteiger partial charge in [0.25, 0.3) is 0 Å². The van der Waals surface area contributed by atoms with Crippen LogP contribution in [0, 0.1) is 0 Å². The topological polar surface area (TPSA) is 47.6 Å². The molecule has 0 aromatic heterocycles. The second-order valence-electron chi connectivity index (χ2n) is 7.11. The van der Waals surface area contributed by atoms with Crippen LogP contribution in [-0.2, 0) is 4.79 Å². The predicted molar refractivity (Wildman–Crippen MR) is 115 cm³/mol. The van der Waals surface area contributed by atoms with E-state index in [1.54, 1.807) is 6.08 Å². The molecule has 0 radical (unpaired) electrons. The minimum absolute atomic E-state index is 0.0206. The normalized spacial score (nSPS) is 14.4. The molecule has 1 amide bonds.